The summed E-state index contributed by atoms with van der Waals surface area (Å²) in [5.74, 6) is 0.457. The highest BCUT2D eigenvalue weighted by molar-refractivity contribution is 5.78. The van der Waals surface area contributed by atoms with Crippen molar-refractivity contribution in [3.05, 3.63) is 35.4 Å². The molecular formula is C16H22N2O. The second-order valence-corrected chi connectivity index (χ2v) is 6.06. The van der Waals surface area contributed by atoms with Crippen molar-refractivity contribution in [1.29, 1.82) is 5.26 Å². The first kappa shape index (κ1) is 15.2. The molecule has 1 N–H and O–H groups in total. The highest BCUT2D eigenvalue weighted by atomic mass is 16.1. The minimum atomic E-state index is 0.0285. The quantitative estimate of drug-likeness (QED) is 0.902. The number of hydrogen-bond donors (Lipinski definition) is 1. The monoisotopic (exact) mass is 258 g/mol. The van der Waals surface area contributed by atoms with Crippen LogP contribution in [0.25, 0.3) is 0 Å². The zero-order chi connectivity index (χ0) is 14.5. The van der Waals surface area contributed by atoms with Gasteiger partial charge in [0.1, 0.15) is 0 Å². The molecule has 0 saturated carbocycles. The van der Waals surface area contributed by atoms with Crippen LogP contribution in [0.3, 0.4) is 0 Å². The summed E-state index contributed by atoms with van der Waals surface area (Å²) in [6.45, 7) is 9.35. The van der Waals surface area contributed by atoms with Crippen molar-refractivity contribution in [3.63, 3.8) is 0 Å². The number of amides is 1. The molecule has 19 heavy (non-hydrogen) atoms. The predicted molar refractivity (Wildman–Crippen MR) is 76.5 cm³/mol. The molecule has 0 spiro atoms. The lowest BCUT2D eigenvalue weighted by Gasteiger charge is -2.27. The molecule has 1 amide bonds. The number of rotatable bonds is 4. The molecule has 0 radical (unpaired) electrons. The van der Waals surface area contributed by atoms with Gasteiger partial charge in [0.05, 0.1) is 18.1 Å². The van der Waals surface area contributed by atoms with Gasteiger partial charge in [0, 0.05) is 6.54 Å². The average Bonchev–Trinajstić information content (AvgIpc) is 2.35. The molecule has 0 aromatic heterocycles. The van der Waals surface area contributed by atoms with Crippen molar-refractivity contribution in [2.45, 2.75) is 34.1 Å². The molecule has 3 heteroatoms. The maximum absolute atomic E-state index is 11.8. The van der Waals surface area contributed by atoms with E-state index in [4.69, 9.17) is 5.26 Å². The molecule has 1 atom stereocenters. The first-order valence-corrected chi connectivity index (χ1v) is 6.58. The Balaban J connectivity index is 2.45. The zero-order valence-electron chi connectivity index (χ0n) is 12.2. The lowest BCUT2D eigenvalue weighted by molar-refractivity contribution is -0.120. The molecule has 1 unspecified atom stereocenters. The van der Waals surface area contributed by atoms with Crippen LogP contribution in [0.15, 0.2) is 24.3 Å². The lowest BCUT2D eigenvalue weighted by Crippen LogP contribution is -2.34. The Morgan fingerprint density at radius 1 is 1.32 bits per heavy atom. The van der Waals surface area contributed by atoms with Crippen LogP contribution in [-0.4, -0.2) is 12.5 Å². The first-order chi connectivity index (χ1) is 8.82. The molecule has 0 bridgehead atoms. The van der Waals surface area contributed by atoms with Gasteiger partial charge >= 0.3 is 0 Å². The molecule has 102 valence electrons. The molecule has 0 aliphatic carbocycles. The number of benzene rings is 1. The van der Waals surface area contributed by atoms with Crippen molar-refractivity contribution >= 4 is 5.91 Å². The van der Waals surface area contributed by atoms with Gasteiger partial charge < -0.3 is 5.32 Å². The van der Waals surface area contributed by atoms with Crippen LogP contribution in [0.2, 0.25) is 0 Å². The van der Waals surface area contributed by atoms with Gasteiger partial charge in [0.25, 0.3) is 0 Å². The van der Waals surface area contributed by atoms with E-state index in [1.165, 1.54) is 0 Å². The van der Waals surface area contributed by atoms with Crippen LogP contribution < -0.4 is 5.32 Å². The molecule has 1 aromatic carbocycles. The Morgan fingerprint density at radius 2 is 1.89 bits per heavy atom. The Bertz CT molecular complexity index is 463. The molecule has 0 heterocycles. The molecule has 0 aliphatic rings. The van der Waals surface area contributed by atoms with Crippen LogP contribution >= 0.6 is 0 Å². The van der Waals surface area contributed by atoms with Gasteiger partial charge in [-0.2, -0.15) is 5.26 Å². The van der Waals surface area contributed by atoms with E-state index in [1.807, 2.05) is 12.1 Å². The summed E-state index contributed by atoms with van der Waals surface area (Å²) in [6.07, 6.45) is 0.364. The second kappa shape index (κ2) is 6.38. The lowest BCUT2D eigenvalue weighted by atomic mass is 9.82. The molecule has 3 nitrogen and oxygen atoms in total. The SMILES string of the molecule is CC(CNC(=O)Cc1ccc(C#N)cc1)C(C)(C)C. The average molecular weight is 258 g/mol. The van der Waals surface area contributed by atoms with Crippen LogP contribution in [0.1, 0.15) is 38.8 Å². The number of nitrogens with zero attached hydrogens (tertiary/aromatic N) is 1. The van der Waals surface area contributed by atoms with Gasteiger partial charge in [-0.3, -0.25) is 4.79 Å². The Hall–Kier alpha value is -1.82. The number of nitrogens with one attached hydrogen (secondary N) is 1. The summed E-state index contributed by atoms with van der Waals surface area (Å²) in [5, 5.41) is 11.7. The van der Waals surface area contributed by atoms with Gasteiger partial charge in [0.2, 0.25) is 5.91 Å². The van der Waals surface area contributed by atoms with E-state index >= 15 is 0 Å². The van der Waals surface area contributed by atoms with Gasteiger partial charge in [-0.05, 0) is 29.0 Å². The number of hydrogen-bond acceptors (Lipinski definition) is 2. The van der Waals surface area contributed by atoms with E-state index in [1.54, 1.807) is 12.1 Å². The maximum atomic E-state index is 11.8. The predicted octanol–water partition coefficient (Wildman–Crippen LogP) is 2.90. The van der Waals surface area contributed by atoms with E-state index in [0.29, 0.717) is 24.4 Å². The van der Waals surface area contributed by atoms with Gasteiger partial charge in [0.15, 0.2) is 0 Å². The van der Waals surface area contributed by atoms with Gasteiger partial charge in [-0.25, -0.2) is 0 Å². The Labute approximate surface area is 115 Å². The third-order valence-electron chi connectivity index (χ3n) is 3.53. The third kappa shape index (κ3) is 5.13. The van der Waals surface area contributed by atoms with Crippen molar-refractivity contribution in [2.75, 3.05) is 6.54 Å². The summed E-state index contributed by atoms with van der Waals surface area (Å²) in [4.78, 5) is 11.8. The second-order valence-electron chi connectivity index (χ2n) is 6.06. The third-order valence-corrected chi connectivity index (χ3v) is 3.53. The van der Waals surface area contributed by atoms with Crippen molar-refractivity contribution in [3.8, 4) is 6.07 Å². The topological polar surface area (TPSA) is 52.9 Å². The minimum Gasteiger partial charge on any atom is -0.356 e. The number of nitriles is 1. The summed E-state index contributed by atoms with van der Waals surface area (Å²) < 4.78 is 0. The normalized spacial score (nSPS) is 12.6. The molecular weight excluding hydrogens is 236 g/mol. The van der Waals surface area contributed by atoms with E-state index in [0.717, 1.165) is 5.56 Å². The highest BCUT2D eigenvalue weighted by Crippen LogP contribution is 2.24. The van der Waals surface area contributed by atoms with Crippen molar-refractivity contribution in [1.82, 2.24) is 5.32 Å². The zero-order valence-corrected chi connectivity index (χ0v) is 12.2. The molecule has 1 aromatic rings. The number of carbonyl (C=O) groups is 1. The Morgan fingerprint density at radius 3 is 2.37 bits per heavy atom. The summed E-state index contributed by atoms with van der Waals surface area (Å²) in [6, 6.07) is 9.19. The molecule has 0 aliphatic heterocycles. The van der Waals surface area contributed by atoms with E-state index < -0.39 is 0 Å². The minimum absolute atomic E-state index is 0.0285. The van der Waals surface area contributed by atoms with Crippen molar-refractivity contribution < 1.29 is 4.79 Å². The standard InChI is InChI=1S/C16H22N2O/c1-12(16(2,3)4)11-18-15(19)9-13-5-7-14(10-17)8-6-13/h5-8,12H,9,11H2,1-4H3,(H,18,19). The van der Waals surface area contributed by atoms with E-state index in [-0.39, 0.29) is 11.3 Å². The fraction of sp³-hybridized carbons (Fsp3) is 0.500. The van der Waals surface area contributed by atoms with E-state index in [9.17, 15) is 4.79 Å². The fourth-order valence-corrected chi connectivity index (χ4v) is 1.52. The molecule has 1 rings (SSSR count). The smallest absolute Gasteiger partial charge is 0.224 e. The van der Waals surface area contributed by atoms with Crippen LogP contribution in [0.5, 0.6) is 0 Å². The van der Waals surface area contributed by atoms with Crippen molar-refractivity contribution in [2.24, 2.45) is 11.3 Å². The summed E-state index contributed by atoms with van der Waals surface area (Å²) in [5.41, 5.74) is 1.74. The summed E-state index contributed by atoms with van der Waals surface area (Å²) in [7, 11) is 0. The van der Waals surface area contributed by atoms with E-state index in [2.05, 4.69) is 39.1 Å². The summed E-state index contributed by atoms with van der Waals surface area (Å²) >= 11 is 0. The molecule has 0 saturated heterocycles. The fourth-order valence-electron chi connectivity index (χ4n) is 1.52. The van der Waals surface area contributed by atoms with Crippen LogP contribution in [0.4, 0.5) is 0 Å². The maximum Gasteiger partial charge on any atom is 0.224 e. The highest BCUT2D eigenvalue weighted by Gasteiger charge is 2.20. The number of carbonyl (C=O) groups excluding carboxylic acids is 1. The Kier molecular flexibility index (Phi) is 5.11. The largest absolute Gasteiger partial charge is 0.356 e. The van der Waals surface area contributed by atoms with Crippen LogP contribution in [-0.2, 0) is 11.2 Å². The molecule has 0 fully saturated rings. The first-order valence-electron chi connectivity index (χ1n) is 6.58. The van der Waals surface area contributed by atoms with Gasteiger partial charge in [-0.1, -0.05) is 39.8 Å². The van der Waals surface area contributed by atoms with Crippen LogP contribution in [0, 0.1) is 22.7 Å². The van der Waals surface area contributed by atoms with Gasteiger partial charge in [-0.15, -0.1) is 0 Å².